The van der Waals surface area contributed by atoms with E-state index >= 15 is 0 Å². The van der Waals surface area contributed by atoms with E-state index in [-0.39, 0.29) is 24.3 Å². The lowest BCUT2D eigenvalue weighted by atomic mass is 9.80. The van der Waals surface area contributed by atoms with Crippen LogP contribution in [0.3, 0.4) is 0 Å². The third kappa shape index (κ3) is 8.33. The molecule has 0 saturated heterocycles. The van der Waals surface area contributed by atoms with Gasteiger partial charge in [-0.15, -0.1) is 0 Å². The largest absolute Gasteiger partial charge is 0.466 e. The van der Waals surface area contributed by atoms with Gasteiger partial charge >= 0.3 is 5.97 Å². The molecule has 216 valence electrons. The van der Waals surface area contributed by atoms with E-state index in [1.807, 2.05) is 82.3 Å². The highest BCUT2D eigenvalue weighted by molar-refractivity contribution is 9.10. The first kappa shape index (κ1) is 32.1. The Hall–Kier alpha value is -2.37. The van der Waals surface area contributed by atoms with Gasteiger partial charge in [0.05, 0.1) is 45.2 Å². The molecular weight excluding hydrogens is 612 g/mol. The molecule has 7 nitrogen and oxygen atoms in total. The summed E-state index contributed by atoms with van der Waals surface area (Å²) in [6.45, 7) is 9.30. The van der Waals surface area contributed by atoms with E-state index in [9.17, 15) is 17.4 Å². The fourth-order valence-electron chi connectivity index (χ4n) is 4.27. The zero-order chi connectivity index (χ0) is 29.6. The summed E-state index contributed by atoms with van der Waals surface area (Å²) in [4.78, 5) is 13.2. The fraction of sp³-hybridized carbons (Fsp3) is 0.367. The molecule has 40 heavy (non-hydrogen) atoms. The zero-order valence-electron chi connectivity index (χ0n) is 23.4. The summed E-state index contributed by atoms with van der Waals surface area (Å²) in [5.74, 6) is -0.489. The van der Waals surface area contributed by atoms with Gasteiger partial charge < -0.3 is 4.74 Å². The first-order chi connectivity index (χ1) is 18.8. The molecule has 0 aliphatic rings. The first-order valence-corrected chi connectivity index (χ1v) is 16.4. The second-order valence-corrected chi connectivity index (χ2v) is 15.2. The van der Waals surface area contributed by atoms with Crippen molar-refractivity contribution in [2.45, 2.75) is 68.7 Å². The minimum absolute atomic E-state index is 0.0609. The summed E-state index contributed by atoms with van der Waals surface area (Å²) in [6.07, 6.45) is -0.106. The third-order valence-corrected chi connectivity index (χ3v) is 10.3. The van der Waals surface area contributed by atoms with E-state index in [1.165, 1.54) is 0 Å². The SMILES string of the molecule is CCOC(=O)CC(C[C@H](NS(=O)(=O)c1ccc(C)cc1)c1ccccc1Br)(N[S@@](=O)C(C)(C)C)c1ccccc1. The van der Waals surface area contributed by atoms with Crippen LogP contribution in [0.25, 0.3) is 0 Å². The summed E-state index contributed by atoms with van der Waals surface area (Å²) in [6, 6.07) is 22.3. The van der Waals surface area contributed by atoms with E-state index < -0.39 is 43.3 Å². The maximum absolute atomic E-state index is 13.7. The standard InChI is InChI=1S/C30H37BrN2O5S2/c1-6-38-28(34)21-30(23-12-8-7-9-13-23,33-39(35)29(3,4)5)20-27(25-14-10-11-15-26(25)31)32-40(36,37)24-18-16-22(2)17-19-24/h7-19,27,32-33H,6,20-21H2,1-5H3/t27-,30?,39-/m0/s1. The molecule has 0 saturated carbocycles. The smallest absolute Gasteiger partial charge is 0.308 e. The van der Waals surface area contributed by atoms with Crippen LogP contribution in [0.2, 0.25) is 0 Å². The topological polar surface area (TPSA) is 102 Å². The van der Waals surface area contributed by atoms with Gasteiger partial charge in [-0.25, -0.2) is 22.1 Å². The van der Waals surface area contributed by atoms with Crippen molar-refractivity contribution >= 4 is 42.9 Å². The molecule has 0 aromatic heterocycles. The molecule has 3 aromatic rings. The van der Waals surface area contributed by atoms with Crippen LogP contribution in [0.4, 0.5) is 0 Å². The number of benzene rings is 3. The molecule has 10 heteroatoms. The Balaban J connectivity index is 2.21. The van der Waals surface area contributed by atoms with Gasteiger partial charge in [0.15, 0.2) is 0 Å². The van der Waals surface area contributed by atoms with Crippen molar-refractivity contribution in [3.8, 4) is 0 Å². The van der Waals surface area contributed by atoms with Crippen molar-refractivity contribution in [1.82, 2.24) is 9.44 Å². The summed E-state index contributed by atoms with van der Waals surface area (Å²) >= 11 is 3.59. The van der Waals surface area contributed by atoms with Crippen LogP contribution >= 0.6 is 15.9 Å². The molecule has 0 heterocycles. The Morgan fingerprint density at radius 1 is 0.975 bits per heavy atom. The molecule has 1 unspecified atom stereocenters. The van der Waals surface area contributed by atoms with E-state index in [2.05, 4.69) is 25.4 Å². The van der Waals surface area contributed by atoms with Gasteiger partial charge in [-0.2, -0.15) is 0 Å². The number of nitrogens with one attached hydrogen (secondary N) is 2. The molecule has 0 radical (unpaired) electrons. The highest BCUT2D eigenvalue weighted by atomic mass is 79.9. The number of hydrogen-bond acceptors (Lipinski definition) is 5. The maximum Gasteiger partial charge on any atom is 0.308 e. The molecule has 0 spiro atoms. The Morgan fingerprint density at radius 2 is 1.57 bits per heavy atom. The lowest BCUT2D eigenvalue weighted by Crippen LogP contribution is -2.51. The Bertz CT molecular complexity index is 1420. The van der Waals surface area contributed by atoms with Crippen LogP contribution in [0.15, 0.2) is 88.2 Å². The van der Waals surface area contributed by atoms with Crippen LogP contribution in [0, 0.1) is 6.92 Å². The first-order valence-electron chi connectivity index (χ1n) is 13.0. The molecule has 0 bridgehead atoms. The normalized spacial score (nSPS) is 15.2. The average Bonchev–Trinajstić information content (AvgIpc) is 2.88. The monoisotopic (exact) mass is 648 g/mol. The minimum atomic E-state index is -3.98. The molecule has 0 fully saturated rings. The second kappa shape index (κ2) is 13.5. The lowest BCUT2D eigenvalue weighted by Gasteiger charge is -2.39. The van der Waals surface area contributed by atoms with Gasteiger partial charge in [0, 0.05) is 4.47 Å². The predicted octanol–water partition coefficient (Wildman–Crippen LogP) is 6.07. The van der Waals surface area contributed by atoms with Gasteiger partial charge in [-0.05, 0) is 70.4 Å². The summed E-state index contributed by atoms with van der Waals surface area (Å²) < 4.78 is 52.5. The van der Waals surface area contributed by atoms with Crippen molar-refractivity contribution in [2.24, 2.45) is 0 Å². The van der Waals surface area contributed by atoms with Crippen molar-refractivity contribution in [3.63, 3.8) is 0 Å². The van der Waals surface area contributed by atoms with Crippen LogP contribution in [0.5, 0.6) is 0 Å². The van der Waals surface area contributed by atoms with Crippen LogP contribution in [0.1, 0.15) is 63.3 Å². The van der Waals surface area contributed by atoms with E-state index in [1.54, 1.807) is 31.2 Å². The molecule has 0 aliphatic heterocycles. The van der Waals surface area contributed by atoms with E-state index in [0.717, 1.165) is 5.56 Å². The van der Waals surface area contributed by atoms with Crippen molar-refractivity contribution < 1.29 is 22.2 Å². The van der Waals surface area contributed by atoms with Gasteiger partial charge in [-0.3, -0.25) is 4.79 Å². The van der Waals surface area contributed by atoms with E-state index in [0.29, 0.717) is 15.6 Å². The number of hydrogen-bond donors (Lipinski definition) is 2. The third-order valence-electron chi connectivity index (χ3n) is 6.38. The Kier molecular flexibility index (Phi) is 10.9. The number of rotatable bonds is 12. The molecule has 3 atom stereocenters. The number of sulfonamides is 1. The number of halogens is 1. The maximum atomic E-state index is 13.7. The van der Waals surface area contributed by atoms with Crippen molar-refractivity contribution in [3.05, 3.63) is 100 Å². The molecule has 0 amide bonds. The highest BCUT2D eigenvalue weighted by Gasteiger charge is 2.42. The number of aryl methyl sites for hydroxylation is 1. The van der Waals surface area contributed by atoms with Crippen LogP contribution in [-0.4, -0.2) is 29.9 Å². The van der Waals surface area contributed by atoms with Crippen molar-refractivity contribution in [1.29, 1.82) is 0 Å². The van der Waals surface area contributed by atoms with Crippen LogP contribution in [-0.2, 0) is 36.1 Å². The summed E-state index contributed by atoms with van der Waals surface area (Å²) in [5, 5.41) is 0. The molecular formula is C30H37BrN2O5S2. The summed E-state index contributed by atoms with van der Waals surface area (Å²) in [7, 11) is -5.60. The van der Waals surface area contributed by atoms with Gasteiger partial charge in [0.1, 0.15) is 0 Å². The van der Waals surface area contributed by atoms with Gasteiger partial charge in [-0.1, -0.05) is 82.2 Å². The Labute approximate surface area is 248 Å². The minimum Gasteiger partial charge on any atom is -0.466 e. The molecule has 3 aromatic carbocycles. The summed E-state index contributed by atoms with van der Waals surface area (Å²) in [5.41, 5.74) is 1.05. The average molecular weight is 650 g/mol. The lowest BCUT2D eigenvalue weighted by molar-refractivity contribution is -0.145. The van der Waals surface area contributed by atoms with Crippen molar-refractivity contribution in [2.75, 3.05) is 6.61 Å². The number of carbonyl (C=O) groups is 1. The Morgan fingerprint density at radius 3 is 2.15 bits per heavy atom. The zero-order valence-corrected chi connectivity index (χ0v) is 26.7. The van der Waals surface area contributed by atoms with Gasteiger partial charge in [0.25, 0.3) is 0 Å². The fourth-order valence-corrected chi connectivity index (χ4v) is 6.98. The molecule has 2 N–H and O–H groups in total. The number of carbonyl (C=O) groups excluding carboxylic acids is 1. The molecule has 0 aliphatic carbocycles. The molecule has 3 rings (SSSR count). The van der Waals surface area contributed by atoms with Crippen LogP contribution < -0.4 is 9.44 Å². The highest BCUT2D eigenvalue weighted by Crippen LogP contribution is 2.39. The van der Waals surface area contributed by atoms with E-state index in [4.69, 9.17) is 4.74 Å². The number of esters is 1. The predicted molar refractivity (Wildman–Crippen MR) is 163 cm³/mol. The van der Waals surface area contributed by atoms with Gasteiger partial charge in [0.2, 0.25) is 10.0 Å². The second-order valence-electron chi connectivity index (χ2n) is 10.6. The number of ether oxygens (including phenoxy) is 1. The quantitative estimate of drug-likeness (QED) is 0.232.